The largest absolute Gasteiger partial charge is 0.329 e. The van der Waals surface area contributed by atoms with Gasteiger partial charge in [0.2, 0.25) is 0 Å². The van der Waals surface area contributed by atoms with E-state index in [0.717, 1.165) is 24.3 Å². The van der Waals surface area contributed by atoms with Crippen molar-refractivity contribution in [3.63, 3.8) is 0 Å². The van der Waals surface area contributed by atoms with E-state index in [1.54, 1.807) is 0 Å². The number of hydrogen-bond acceptors (Lipinski definition) is 3. The van der Waals surface area contributed by atoms with Crippen molar-refractivity contribution >= 4 is 0 Å². The van der Waals surface area contributed by atoms with Gasteiger partial charge in [-0.25, -0.2) is 0 Å². The lowest BCUT2D eigenvalue weighted by atomic mass is 9.71. The van der Waals surface area contributed by atoms with Crippen LogP contribution in [-0.2, 0) is 0 Å². The number of nitrogens with two attached hydrogens (primary N) is 1. The molecular weight excluding hydrogens is 222 g/mol. The van der Waals surface area contributed by atoms with Crippen LogP contribution >= 0.6 is 0 Å². The summed E-state index contributed by atoms with van der Waals surface area (Å²) in [6.07, 6.45) is 7.23. The van der Waals surface area contributed by atoms with Gasteiger partial charge in [0, 0.05) is 31.7 Å². The van der Waals surface area contributed by atoms with Gasteiger partial charge in [-0.3, -0.25) is 4.90 Å². The molecule has 2 N–H and O–H groups in total. The molecule has 5 fully saturated rings. The maximum absolute atomic E-state index is 6.29. The van der Waals surface area contributed by atoms with Gasteiger partial charge in [-0.15, -0.1) is 0 Å². The van der Waals surface area contributed by atoms with E-state index in [9.17, 15) is 0 Å². The normalized spacial score (nSPS) is 51.8. The van der Waals surface area contributed by atoms with Crippen LogP contribution < -0.4 is 5.73 Å². The van der Waals surface area contributed by atoms with Crippen molar-refractivity contribution in [2.75, 3.05) is 39.3 Å². The Morgan fingerprint density at radius 2 is 1.67 bits per heavy atom. The fraction of sp³-hybridized carbons (Fsp3) is 1.00. The quantitative estimate of drug-likeness (QED) is 0.796. The van der Waals surface area contributed by atoms with Gasteiger partial charge in [-0.2, -0.15) is 0 Å². The van der Waals surface area contributed by atoms with Crippen molar-refractivity contribution in [3.05, 3.63) is 0 Å². The molecule has 4 heterocycles. The van der Waals surface area contributed by atoms with Crippen LogP contribution in [0.2, 0.25) is 0 Å². The molecule has 5 aliphatic rings. The van der Waals surface area contributed by atoms with Gasteiger partial charge < -0.3 is 10.6 Å². The molecular formula is C15H27N3. The van der Waals surface area contributed by atoms with Crippen LogP contribution in [0.15, 0.2) is 0 Å². The SMILES string of the molecule is NCC1(N2CC3CCCC3C2)CN2CCC1CC2. The van der Waals surface area contributed by atoms with E-state index in [2.05, 4.69) is 9.80 Å². The van der Waals surface area contributed by atoms with Crippen LogP contribution in [0, 0.1) is 17.8 Å². The Bertz CT molecular complexity index is 312. The van der Waals surface area contributed by atoms with E-state index < -0.39 is 0 Å². The first-order chi connectivity index (χ1) is 8.82. The second kappa shape index (κ2) is 4.19. The van der Waals surface area contributed by atoms with Crippen LogP contribution in [0.4, 0.5) is 0 Å². The van der Waals surface area contributed by atoms with E-state index in [-0.39, 0.29) is 0 Å². The topological polar surface area (TPSA) is 32.5 Å². The van der Waals surface area contributed by atoms with Crippen molar-refractivity contribution in [1.29, 1.82) is 0 Å². The van der Waals surface area contributed by atoms with Crippen LogP contribution in [0.1, 0.15) is 32.1 Å². The molecule has 4 aliphatic heterocycles. The maximum Gasteiger partial charge on any atom is 0.0487 e. The first kappa shape index (κ1) is 11.7. The highest BCUT2D eigenvalue weighted by molar-refractivity contribution is 5.09. The summed E-state index contributed by atoms with van der Waals surface area (Å²) in [5.41, 5.74) is 6.63. The maximum atomic E-state index is 6.29. The highest BCUT2D eigenvalue weighted by Crippen LogP contribution is 2.46. The van der Waals surface area contributed by atoms with E-state index >= 15 is 0 Å². The smallest absolute Gasteiger partial charge is 0.0487 e. The standard InChI is InChI=1S/C15H27N3/c16-10-15(11-17-6-4-14(15)5-7-17)18-8-12-2-1-3-13(12)9-18/h12-14H,1-11,16H2. The molecule has 0 aromatic carbocycles. The van der Waals surface area contributed by atoms with Crippen LogP contribution in [0.5, 0.6) is 0 Å². The second-order valence-corrected chi connectivity index (χ2v) is 7.21. The number of likely N-dealkylation sites (tertiary alicyclic amines) is 1. The number of piperidine rings is 3. The molecule has 0 radical (unpaired) electrons. The Kier molecular flexibility index (Phi) is 2.72. The second-order valence-electron chi connectivity index (χ2n) is 7.21. The van der Waals surface area contributed by atoms with Crippen LogP contribution in [-0.4, -0.2) is 54.6 Å². The first-order valence-corrected chi connectivity index (χ1v) is 7.99. The molecule has 102 valence electrons. The fourth-order valence-corrected chi connectivity index (χ4v) is 5.46. The zero-order valence-electron chi connectivity index (χ0n) is 11.5. The summed E-state index contributed by atoms with van der Waals surface area (Å²) in [6.45, 7) is 7.50. The lowest BCUT2D eigenvalue weighted by Gasteiger charge is -2.57. The summed E-state index contributed by atoms with van der Waals surface area (Å²) in [4.78, 5) is 5.50. The summed E-state index contributed by atoms with van der Waals surface area (Å²) < 4.78 is 0. The Hall–Kier alpha value is -0.120. The molecule has 18 heavy (non-hydrogen) atoms. The van der Waals surface area contributed by atoms with Crippen molar-refractivity contribution in [2.45, 2.75) is 37.6 Å². The van der Waals surface area contributed by atoms with Crippen LogP contribution in [0.25, 0.3) is 0 Å². The lowest BCUT2D eigenvalue weighted by molar-refractivity contribution is -0.0604. The molecule has 0 aromatic heterocycles. The molecule has 0 amide bonds. The Balaban J connectivity index is 1.58. The Morgan fingerprint density at radius 1 is 1.00 bits per heavy atom. The number of rotatable bonds is 2. The third-order valence-corrected chi connectivity index (χ3v) is 6.55. The highest BCUT2D eigenvalue weighted by atomic mass is 15.3. The summed E-state index contributed by atoms with van der Waals surface area (Å²) in [5.74, 6) is 2.89. The predicted octanol–water partition coefficient (Wildman–Crippen LogP) is 1.14. The van der Waals surface area contributed by atoms with Gasteiger partial charge in [-0.05, 0) is 56.5 Å². The number of nitrogens with zero attached hydrogens (tertiary/aromatic N) is 2. The van der Waals surface area contributed by atoms with Crippen molar-refractivity contribution in [1.82, 2.24) is 9.80 Å². The molecule has 3 unspecified atom stereocenters. The summed E-state index contributed by atoms with van der Waals surface area (Å²) in [7, 11) is 0. The zero-order chi connectivity index (χ0) is 12.2. The molecule has 1 saturated carbocycles. The molecule has 3 heteroatoms. The third-order valence-electron chi connectivity index (χ3n) is 6.55. The number of fused-ring (bicyclic) bond motifs is 4. The summed E-state index contributed by atoms with van der Waals surface area (Å²) in [6, 6.07) is 0. The van der Waals surface area contributed by atoms with Gasteiger partial charge >= 0.3 is 0 Å². The van der Waals surface area contributed by atoms with Gasteiger partial charge in [-0.1, -0.05) is 6.42 Å². The monoisotopic (exact) mass is 249 g/mol. The van der Waals surface area contributed by atoms with Crippen molar-refractivity contribution in [3.8, 4) is 0 Å². The summed E-state index contributed by atoms with van der Waals surface area (Å²) >= 11 is 0. The van der Waals surface area contributed by atoms with Gasteiger partial charge in [0.15, 0.2) is 0 Å². The summed E-state index contributed by atoms with van der Waals surface area (Å²) in [5, 5.41) is 0. The van der Waals surface area contributed by atoms with Crippen molar-refractivity contribution < 1.29 is 0 Å². The molecule has 3 atom stereocenters. The van der Waals surface area contributed by atoms with Gasteiger partial charge in [0.25, 0.3) is 0 Å². The predicted molar refractivity (Wildman–Crippen MR) is 73.4 cm³/mol. The molecule has 2 bridgehead atoms. The minimum atomic E-state index is 0.348. The molecule has 4 saturated heterocycles. The molecule has 1 aliphatic carbocycles. The fourth-order valence-electron chi connectivity index (χ4n) is 5.46. The average molecular weight is 249 g/mol. The number of hydrogen-bond donors (Lipinski definition) is 1. The lowest BCUT2D eigenvalue weighted by Crippen LogP contribution is -2.69. The zero-order valence-corrected chi connectivity index (χ0v) is 11.5. The van der Waals surface area contributed by atoms with E-state index in [4.69, 9.17) is 5.73 Å². The molecule has 3 nitrogen and oxygen atoms in total. The van der Waals surface area contributed by atoms with Crippen LogP contribution in [0.3, 0.4) is 0 Å². The molecule has 0 aromatic rings. The Morgan fingerprint density at radius 3 is 2.17 bits per heavy atom. The highest BCUT2D eigenvalue weighted by Gasteiger charge is 2.52. The average Bonchev–Trinajstić information content (AvgIpc) is 3.00. The van der Waals surface area contributed by atoms with E-state index in [1.165, 1.54) is 64.8 Å². The minimum absolute atomic E-state index is 0.348. The molecule has 5 rings (SSSR count). The first-order valence-electron chi connectivity index (χ1n) is 7.99. The Labute approximate surface area is 111 Å². The van der Waals surface area contributed by atoms with E-state index in [1.807, 2.05) is 0 Å². The van der Waals surface area contributed by atoms with E-state index in [0.29, 0.717) is 5.54 Å². The van der Waals surface area contributed by atoms with Gasteiger partial charge in [0.05, 0.1) is 0 Å². The minimum Gasteiger partial charge on any atom is -0.329 e. The van der Waals surface area contributed by atoms with Crippen molar-refractivity contribution in [2.24, 2.45) is 23.5 Å². The molecule has 0 spiro atoms. The third kappa shape index (κ3) is 1.53. The van der Waals surface area contributed by atoms with Gasteiger partial charge in [0.1, 0.15) is 0 Å².